The highest BCUT2D eigenvalue weighted by Crippen LogP contribution is 2.34. The van der Waals surface area contributed by atoms with Crippen molar-refractivity contribution in [2.24, 2.45) is 7.05 Å². The molecular weight excluding hydrogens is 399 g/mol. The molecule has 1 aliphatic carbocycles. The summed E-state index contributed by atoms with van der Waals surface area (Å²) in [6, 6.07) is 12.1. The summed E-state index contributed by atoms with van der Waals surface area (Å²) in [5.41, 5.74) is 3.09. The fourth-order valence-corrected chi connectivity index (χ4v) is 4.13. The number of nitrogens with one attached hydrogen (secondary N) is 1. The highest BCUT2D eigenvalue weighted by molar-refractivity contribution is 5.93. The third-order valence-corrected chi connectivity index (χ3v) is 5.56. The van der Waals surface area contributed by atoms with Gasteiger partial charge in [0, 0.05) is 20.4 Å². The SMILES string of the molecule is CO[C@H]1c2ccccc2C[C@@H]1NC(=O)[C@H](c1ccc(F)cc1)N(C=O)c1cnn(C)c1. The number of aromatic nitrogens is 2. The normalized spacial score (nSPS) is 18.3. The Kier molecular flexibility index (Phi) is 5.81. The first-order valence-corrected chi connectivity index (χ1v) is 9.90. The summed E-state index contributed by atoms with van der Waals surface area (Å²) in [7, 11) is 3.33. The third-order valence-electron chi connectivity index (χ3n) is 5.56. The number of rotatable bonds is 7. The molecule has 7 nitrogen and oxygen atoms in total. The number of hydrogen-bond donors (Lipinski definition) is 1. The minimum absolute atomic E-state index is 0.291. The van der Waals surface area contributed by atoms with Crippen molar-refractivity contribution in [1.82, 2.24) is 15.1 Å². The van der Waals surface area contributed by atoms with Crippen LogP contribution in [0.5, 0.6) is 0 Å². The first-order chi connectivity index (χ1) is 15.0. The first kappa shape index (κ1) is 20.7. The molecule has 31 heavy (non-hydrogen) atoms. The highest BCUT2D eigenvalue weighted by Gasteiger charge is 2.37. The summed E-state index contributed by atoms with van der Waals surface area (Å²) in [4.78, 5) is 26.8. The van der Waals surface area contributed by atoms with Crippen LogP contribution in [0.3, 0.4) is 0 Å². The number of amides is 2. The lowest BCUT2D eigenvalue weighted by Crippen LogP contribution is -2.46. The standard InChI is InChI=1S/C23H23FN4O3/c1-27-13-18(12-25-27)28(14-29)21(15-7-9-17(24)10-8-15)23(30)26-20-11-16-5-3-4-6-19(16)22(20)31-2/h3-10,12-14,20-22H,11H2,1-2H3,(H,26,30)/t20-,21-,22-/m0/s1. The Hall–Kier alpha value is -3.52. The van der Waals surface area contributed by atoms with Crippen LogP contribution in [0.2, 0.25) is 0 Å². The molecule has 0 spiro atoms. The number of hydrogen-bond acceptors (Lipinski definition) is 4. The van der Waals surface area contributed by atoms with Gasteiger partial charge in [0.25, 0.3) is 0 Å². The number of ether oxygens (including phenoxy) is 1. The summed E-state index contributed by atoms with van der Waals surface area (Å²) < 4.78 is 20.7. The molecule has 3 aromatic rings. The van der Waals surface area contributed by atoms with E-state index in [-0.39, 0.29) is 18.1 Å². The Morgan fingerprint density at radius 2 is 2.03 bits per heavy atom. The van der Waals surface area contributed by atoms with Gasteiger partial charge < -0.3 is 10.1 Å². The smallest absolute Gasteiger partial charge is 0.248 e. The second-order valence-corrected chi connectivity index (χ2v) is 7.51. The first-order valence-electron chi connectivity index (χ1n) is 9.90. The molecule has 2 amide bonds. The van der Waals surface area contributed by atoms with Gasteiger partial charge in [-0.15, -0.1) is 0 Å². The minimum atomic E-state index is -0.997. The van der Waals surface area contributed by atoms with Gasteiger partial charge in [-0.2, -0.15) is 5.10 Å². The van der Waals surface area contributed by atoms with Crippen molar-refractivity contribution >= 4 is 18.0 Å². The number of halogens is 1. The third kappa shape index (κ3) is 4.06. The number of aryl methyl sites for hydroxylation is 1. The van der Waals surface area contributed by atoms with Crippen molar-refractivity contribution in [1.29, 1.82) is 0 Å². The van der Waals surface area contributed by atoms with Gasteiger partial charge in [-0.05, 0) is 35.2 Å². The molecule has 0 aliphatic heterocycles. The van der Waals surface area contributed by atoms with Crippen LogP contribution >= 0.6 is 0 Å². The molecule has 4 rings (SSSR count). The van der Waals surface area contributed by atoms with Gasteiger partial charge in [-0.25, -0.2) is 4.39 Å². The summed E-state index contributed by atoms with van der Waals surface area (Å²) in [6.07, 6.45) is 4.05. The maximum absolute atomic E-state index is 13.5. The molecule has 1 aromatic heterocycles. The maximum Gasteiger partial charge on any atom is 0.248 e. The van der Waals surface area contributed by atoms with Gasteiger partial charge in [0.2, 0.25) is 12.3 Å². The van der Waals surface area contributed by atoms with E-state index in [9.17, 15) is 14.0 Å². The predicted molar refractivity (Wildman–Crippen MR) is 113 cm³/mol. The molecule has 160 valence electrons. The van der Waals surface area contributed by atoms with Crippen LogP contribution in [0.25, 0.3) is 0 Å². The van der Waals surface area contributed by atoms with Crippen molar-refractivity contribution in [3.8, 4) is 0 Å². The number of carbonyl (C=O) groups excluding carboxylic acids is 2. The van der Waals surface area contributed by atoms with E-state index >= 15 is 0 Å². The van der Waals surface area contributed by atoms with Gasteiger partial charge in [-0.1, -0.05) is 36.4 Å². The molecule has 2 aromatic carbocycles. The lowest BCUT2D eigenvalue weighted by atomic mass is 10.0. The van der Waals surface area contributed by atoms with E-state index in [0.29, 0.717) is 24.1 Å². The lowest BCUT2D eigenvalue weighted by Gasteiger charge is -2.29. The molecule has 0 saturated heterocycles. The minimum Gasteiger partial charge on any atom is -0.375 e. The Labute approximate surface area is 179 Å². The largest absolute Gasteiger partial charge is 0.375 e. The number of fused-ring (bicyclic) bond motifs is 1. The molecule has 1 aliphatic rings. The quantitative estimate of drug-likeness (QED) is 0.594. The molecule has 1 heterocycles. The summed E-state index contributed by atoms with van der Waals surface area (Å²) in [5.74, 6) is -0.810. The predicted octanol–water partition coefficient (Wildman–Crippen LogP) is 2.69. The Morgan fingerprint density at radius 3 is 2.68 bits per heavy atom. The van der Waals surface area contributed by atoms with Crippen molar-refractivity contribution in [3.05, 3.63) is 83.4 Å². The van der Waals surface area contributed by atoms with Crippen molar-refractivity contribution in [2.75, 3.05) is 12.0 Å². The van der Waals surface area contributed by atoms with Gasteiger partial charge in [-0.3, -0.25) is 19.2 Å². The van der Waals surface area contributed by atoms with E-state index in [2.05, 4.69) is 10.4 Å². The van der Waals surface area contributed by atoms with Crippen LogP contribution < -0.4 is 10.2 Å². The number of anilines is 1. The van der Waals surface area contributed by atoms with E-state index in [1.54, 1.807) is 25.0 Å². The van der Waals surface area contributed by atoms with Crippen LogP contribution in [-0.4, -0.2) is 35.2 Å². The van der Waals surface area contributed by atoms with Crippen LogP contribution in [0, 0.1) is 5.82 Å². The monoisotopic (exact) mass is 422 g/mol. The Morgan fingerprint density at radius 1 is 1.29 bits per heavy atom. The molecule has 0 saturated carbocycles. The van der Waals surface area contributed by atoms with Gasteiger partial charge in [0.05, 0.1) is 17.9 Å². The second-order valence-electron chi connectivity index (χ2n) is 7.51. The van der Waals surface area contributed by atoms with Gasteiger partial charge in [0.15, 0.2) is 0 Å². The molecule has 8 heteroatoms. The molecular formula is C23H23FN4O3. The average molecular weight is 422 g/mol. The van der Waals surface area contributed by atoms with E-state index < -0.39 is 11.9 Å². The van der Waals surface area contributed by atoms with Crippen LogP contribution in [-0.2, 0) is 27.8 Å². The van der Waals surface area contributed by atoms with Gasteiger partial charge >= 0.3 is 0 Å². The van der Waals surface area contributed by atoms with Crippen LogP contribution in [0.4, 0.5) is 10.1 Å². The summed E-state index contributed by atoms with van der Waals surface area (Å²) in [5, 5.41) is 7.14. The molecule has 0 fully saturated rings. The van der Waals surface area contributed by atoms with Crippen molar-refractivity contribution < 1.29 is 18.7 Å². The summed E-state index contributed by atoms with van der Waals surface area (Å²) in [6.45, 7) is 0. The fraction of sp³-hybridized carbons (Fsp3) is 0.261. The number of methoxy groups -OCH3 is 1. The van der Waals surface area contributed by atoms with Crippen molar-refractivity contribution in [3.63, 3.8) is 0 Å². The lowest BCUT2D eigenvalue weighted by molar-refractivity contribution is -0.125. The van der Waals surface area contributed by atoms with Crippen LogP contribution in [0.15, 0.2) is 60.9 Å². The molecule has 0 radical (unpaired) electrons. The average Bonchev–Trinajstić information content (AvgIpc) is 3.35. The number of carbonyl (C=O) groups is 2. The zero-order valence-electron chi connectivity index (χ0n) is 17.2. The summed E-state index contributed by atoms with van der Waals surface area (Å²) >= 11 is 0. The van der Waals surface area contributed by atoms with Gasteiger partial charge in [0.1, 0.15) is 18.0 Å². The topological polar surface area (TPSA) is 76.5 Å². The molecule has 3 atom stereocenters. The molecule has 1 N–H and O–H groups in total. The van der Waals surface area contributed by atoms with E-state index in [1.807, 2.05) is 24.3 Å². The fourth-order valence-electron chi connectivity index (χ4n) is 4.13. The highest BCUT2D eigenvalue weighted by atomic mass is 19.1. The zero-order valence-corrected chi connectivity index (χ0v) is 17.2. The Bertz CT molecular complexity index is 1080. The molecule has 0 unspecified atom stereocenters. The zero-order chi connectivity index (χ0) is 22.0. The number of benzene rings is 2. The number of nitrogens with zero attached hydrogens (tertiary/aromatic N) is 3. The van der Waals surface area contributed by atoms with E-state index in [0.717, 1.165) is 11.1 Å². The van der Waals surface area contributed by atoms with E-state index in [4.69, 9.17) is 4.74 Å². The van der Waals surface area contributed by atoms with E-state index in [1.165, 1.54) is 35.4 Å². The molecule has 0 bridgehead atoms. The second kappa shape index (κ2) is 8.69. The van der Waals surface area contributed by atoms with Crippen molar-refractivity contribution in [2.45, 2.75) is 24.6 Å². The maximum atomic E-state index is 13.5. The van der Waals surface area contributed by atoms with Crippen LogP contribution in [0.1, 0.15) is 28.8 Å². The Balaban J connectivity index is 1.66.